The van der Waals surface area contributed by atoms with Gasteiger partial charge < -0.3 is 4.57 Å². The summed E-state index contributed by atoms with van der Waals surface area (Å²) >= 11 is 0. The SMILES string of the molecule is N#Cc1ccc(F)cc1Cn1ccccc1=O. The van der Waals surface area contributed by atoms with E-state index in [2.05, 4.69) is 0 Å². The lowest BCUT2D eigenvalue weighted by Gasteiger charge is -2.06. The summed E-state index contributed by atoms with van der Waals surface area (Å²) in [5.41, 5.74) is 0.698. The fourth-order valence-corrected chi connectivity index (χ4v) is 1.58. The lowest BCUT2D eigenvalue weighted by Crippen LogP contribution is -2.18. The average Bonchev–Trinajstić information content (AvgIpc) is 2.32. The van der Waals surface area contributed by atoms with Crippen molar-refractivity contribution in [1.82, 2.24) is 4.57 Å². The molecule has 0 bridgehead atoms. The van der Waals surface area contributed by atoms with Gasteiger partial charge >= 0.3 is 0 Å². The Morgan fingerprint density at radius 1 is 1.29 bits per heavy atom. The molecule has 0 atom stereocenters. The summed E-state index contributed by atoms with van der Waals surface area (Å²) in [6, 6.07) is 10.7. The topological polar surface area (TPSA) is 45.8 Å². The molecule has 0 spiro atoms. The number of hydrogen-bond donors (Lipinski definition) is 0. The van der Waals surface area contributed by atoms with Gasteiger partial charge in [0, 0.05) is 12.3 Å². The van der Waals surface area contributed by atoms with E-state index in [4.69, 9.17) is 5.26 Å². The summed E-state index contributed by atoms with van der Waals surface area (Å²) < 4.78 is 14.5. The smallest absolute Gasteiger partial charge is 0.250 e. The minimum atomic E-state index is -0.414. The fraction of sp³-hybridized carbons (Fsp3) is 0.0769. The highest BCUT2D eigenvalue weighted by Gasteiger charge is 2.05. The Labute approximate surface area is 97.4 Å². The first-order valence-electron chi connectivity index (χ1n) is 5.05. The zero-order valence-corrected chi connectivity index (χ0v) is 8.93. The molecule has 0 aliphatic rings. The summed E-state index contributed by atoms with van der Waals surface area (Å²) in [5.74, 6) is -0.414. The Kier molecular flexibility index (Phi) is 3.01. The van der Waals surface area contributed by atoms with E-state index in [1.54, 1.807) is 18.3 Å². The van der Waals surface area contributed by atoms with Crippen LogP contribution in [0.2, 0.25) is 0 Å². The predicted octanol–water partition coefficient (Wildman–Crippen LogP) is 1.91. The number of rotatable bonds is 2. The maximum absolute atomic E-state index is 13.1. The van der Waals surface area contributed by atoms with E-state index in [1.165, 1.54) is 28.8 Å². The highest BCUT2D eigenvalue weighted by molar-refractivity contribution is 5.38. The van der Waals surface area contributed by atoms with Gasteiger partial charge in [-0.1, -0.05) is 6.07 Å². The van der Waals surface area contributed by atoms with Crippen LogP contribution in [0.4, 0.5) is 4.39 Å². The zero-order valence-electron chi connectivity index (χ0n) is 8.93. The van der Waals surface area contributed by atoms with Gasteiger partial charge in [-0.2, -0.15) is 5.26 Å². The van der Waals surface area contributed by atoms with E-state index < -0.39 is 5.82 Å². The van der Waals surface area contributed by atoms with Crippen molar-refractivity contribution in [2.45, 2.75) is 6.54 Å². The van der Waals surface area contributed by atoms with Gasteiger partial charge in [-0.05, 0) is 29.8 Å². The van der Waals surface area contributed by atoms with Crippen molar-refractivity contribution in [3.63, 3.8) is 0 Å². The number of nitrogens with zero attached hydrogens (tertiary/aromatic N) is 2. The van der Waals surface area contributed by atoms with Gasteiger partial charge in [0.25, 0.3) is 5.56 Å². The zero-order chi connectivity index (χ0) is 12.3. The van der Waals surface area contributed by atoms with E-state index in [-0.39, 0.29) is 12.1 Å². The molecule has 0 aliphatic carbocycles. The van der Waals surface area contributed by atoms with Gasteiger partial charge in [-0.15, -0.1) is 0 Å². The van der Waals surface area contributed by atoms with Crippen molar-refractivity contribution >= 4 is 0 Å². The first kappa shape index (κ1) is 11.1. The molecular formula is C13H9FN2O. The van der Waals surface area contributed by atoms with Crippen LogP contribution < -0.4 is 5.56 Å². The molecule has 1 aromatic carbocycles. The van der Waals surface area contributed by atoms with Crippen LogP contribution in [0.5, 0.6) is 0 Å². The molecule has 0 N–H and O–H groups in total. The van der Waals surface area contributed by atoms with E-state index in [0.29, 0.717) is 11.1 Å². The second-order valence-electron chi connectivity index (χ2n) is 3.58. The molecule has 2 rings (SSSR count). The molecule has 0 aliphatic heterocycles. The summed E-state index contributed by atoms with van der Waals surface area (Å²) in [6.45, 7) is 0.195. The third-order valence-corrected chi connectivity index (χ3v) is 2.43. The van der Waals surface area contributed by atoms with E-state index in [1.807, 2.05) is 6.07 Å². The quantitative estimate of drug-likeness (QED) is 0.788. The Bertz CT molecular complexity index is 640. The molecule has 4 heteroatoms. The van der Waals surface area contributed by atoms with Crippen molar-refractivity contribution in [3.05, 3.63) is 69.9 Å². The monoisotopic (exact) mass is 228 g/mol. The molecule has 2 aromatic rings. The van der Waals surface area contributed by atoms with Crippen molar-refractivity contribution in [2.24, 2.45) is 0 Å². The third-order valence-electron chi connectivity index (χ3n) is 2.43. The van der Waals surface area contributed by atoms with Gasteiger partial charge in [0.2, 0.25) is 0 Å². The van der Waals surface area contributed by atoms with Gasteiger partial charge in [-0.3, -0.25) is 4.79 Å². The van der Waals surface area contributed by atoms with Crippen LogP contribution in [-0.4, -0.2) is 4.57 Å². The fourth-order valence-electron chi connectivity index (χ4n) is 1.58. The molecule has 0 radical (unpaired) electrons. The first-order chi connectivity index (χ1) is 8.20. The molecule has 84 valence electrons. The number of hydrogen-bond acceptors (Lipinski definition) is 2. The summed E-state index contributed by atoms with van der Waals surface area (Å²) in [4.78, 5) is 11.5. The van der Waals surface area contributed by atoms with Crippen LogP contribution in [0.15, 0.2) is 47.4 Å². The van der Waals surface area contributed by atoms with Crippen molar-refractivity contribution < 1.29 is 4.39 Å². The highest BCUT2D eigenvalue weighted by atomic mass is 19.1. The van der Waals surface area contributed by atoms with E-state index in [9.17, 15) is 9.18 Å². The van der Waals surface area contributed by atoms with Crippen LogP contribution in [0.3, 0.4) is 0 Å². The second-order valence-corrected chi connectivity index (χ2v) is 3.58. The predicted molar refractivity (Wildman–Crippen MR) is 60.9 cm³/mol. The largest absolute Gasteiger partial charge is 0.311 e. The minimum Gasteiger partial charge on any atom is -0.311 e. The molecule has 3 nitrogen and oxygen atoms in total. The lowest BCUT2D eigenvalue weighted by atomic mass is 10.1. The summed E-state index contributed by atoms with van der Waals surface area (Å²) in [7, 11) is 0. The summed E-state index contributed by atoms with van der Waals surface area (Å²) in [6.07, 6.45) is 1.61. The maximum atomic E-state index is 13.1. The number of aromatic nitrogens is 1. The van der Waals surface area contributed by atoms with Crippen molar-refractivity contribution in [2.75, 3.05) is 0 Å². The number of pyridine rings is 1. The minimum absolute atomic E-state index is 0.180. The number of nitriles is 1. The Balaban J connectivity index is 2.43. The van der Waals surface area contributed by atoms with Crippen molar-refractivity contribution in [1.29, 1.82) is 5.26 Å². The highest BCUT2D eigenvalue weighted by Crippen LogP contribution is 2.11. The Morgan fingerprint density at radius 2 is 2.12 bits per heavy atom. The Morgan fingerprint density at radius 3 is 2.82 bits per heavy atom. The average molecular weight is 228 g/mol. The van der Waals surface area contributed by atoms with Gasteiger partial charge in [0.15, 0.2) is 0 Å². The van der Waals surface area contributed by atoms with Crippen molar-refractivity contribution in [3.8, 4) is 6.07 Å². The molecule has 0 amide bonds. The Hall–Kier alpha value is -2.41. The molecule has 0 saturated heterocycles. The molecule has 1 aromatic heterocycles. The van der Waals surface area contributed by atoms with Crippen LogP contribution in [-0.2, 0) is 6.54 Å². The molecule has 0 fully saturated rings. The van der Waals surface area contributed by atoms with Crippen LogP contribution >= 0.6 is 0 Å². The number of halogens is 1. The van der Waals surface area contributed by atoms with E-state index in [0.717, 1.165) is 0 Å². The second kappa shape index (κ2) is 4.62. The molecular weight excluding hydrogens is 219 g/mol. The van der Waals surface area contributed by atoms with Gasteiger partial charge in [0.1, 0.15) is 5.82 Å². The standard InChI is InChI=1S/C13H9FN2O/c14-12-5-4-10(8-15)11(7-12)9-16-6-2-1-3-13(16)17/h1-7H,9H2. The van der Waals surface area contributed by atoms with Gasteiger partial charge in [-0.25, -0.2) is 4.39 Å². The molecule has 1 heterocycles. The van der Waals surface area contributed by atoms with Crippen LogP contribution in [0.25, 0.3) is 0 Å². The third kappa shape index (κ3) is 2.40. The van der Waals surface area contributed by atoms with Crippen LogP contribution in [0.1, 0.15) is 11.1 Å². The molecule has 17 heavy (non-hydrogen) atoms. The maximum Gasteiger partial charge on any atom is 0.250 e. The molecule has 0 unspecified atom stereocenters. The molecule has 0 saturated carbocycles. The van der Waals surface area contributed by atoms with Gasteiger partial charge in [0.05, 0.1) is 18.2 Å². The summed E-state index contributed by atoms with van der Waals surface area (Å²) in [5, 5.41) is 8.90. The number of benzene rings is 1. The normalized spacial score (nSPS) is 9.88. The van der Waals surface area contributed by atoms with Crippen LogP contribution in [0, 0.1) is 17.1 Å². The first-order valence-corrected chi connectivity index (χ1v) is 5.05. The van der Waals surface area contributed by atoms with E-state index >= 15 is 0 Å². The lowest BCUT2D eigenvalue weighted by molar-refractivity contribution is 0.622.